The van der Waals surface area contributed by atoms with Gasteiger partial charge in [-0.2, -0.15) is 0 Å². The van der Waals surface area contributed by atoms with E-state index in [0.717, 1.165) is 3.57 Å². The van der Waals surface area contributed by atoms with Crippen molar-refractivity contribution in [3.8, 4) is 5.75 Å². The van der Waals surface area contributed by atoms with Gasteiger partial charge in [0.25, 0.3) is 5.91 Å². The van der Waals surface area contributed by atoms with E-state index in [1.807, 2.05) is 13.8 Å². The van der Waals surface area contributed by atoms with Gasteiger partial charge < -0.3 is 15.5 Å². The van der Waals surface area contributed by atoms with Gasteiger partial charge in [0, 0.05) is 22.1 Å². The van der Waals surface area contributed by atoms with E-state index in [1.165, 1.54) is 6.07 Å². The summed E-state index contributed by atoms with van der Waals surface area (Å²) in [6, 6.07) is 4.84. The first kappa shape index (κ1) is 14.2. The highest BCUT2D eigenvalue weighted by Crippen LogP contribution is 2.20. The van der Waals surface area contributed by atoms with Gasteiger partial charge in [-0.25, -0.2) is 0 Å². The molecule has 0 aliphatic rings. The van der Waals surface area contributed by atoms with E-state index in [9.17, 15) is 9.90 Å². The zero-order valence-corrected chi connectivity index (χ0v) is 12.0. The van der Waals surface area contributed by atoms with Crippen LogP contribution in [0, 0.1) is 8.99 Å². The van der Waals surface area contributed by atoms with E-state index < -0.39 is 0 Å². The number of carbonyl (C=O) groups is 1. The molecule has 0 radical (unpaired) electrons. The highest BCUT2D eigenvalue weighted by Gasteiger charge is 2.19. The molecule has 1 rings (SSSR count). The molecule has 1 amide bonds. The van der Waals surface area contributed by atoms with Crippen molar-refractivity contribution in [1.82, 2.24) is 5.32 Å². The molecule has 4 nitrogen and oxygen atoms in total. The van der Waals surface area contributed by atoms with E-state index in [0.29, 0.717) is 6.54 Å². The maximum atomic E-state index is 11.8. The third-order valence-corrected chi connectivity index (χ3v) is 3.03. The highest BCUT2D eigenvalue weighted by molar-refractivity contribution is 14.1. The van der Waals surface area contributed by atoms with Crippen LogP contribution in [0.25, 0.3) is 0 Å². The van der Waals surface area contributed by atoms with Crippen LogP contribution >= 0.6 is 22.6 Å². The first-order chi connectivity index (χ1) is 7.85. The molecule has 0 aliphatic carbocycles. The molecule has 0 bridgehead atoms. The average Bonchev–Trinajstić information content (AvgIpc) is 2.29. The number of aliphatic hydroxyl groups excluding tert-OH is 1. The van der Waals surface area contributed by atoms with Gasteiger partial charge in [0.2, 0.25) is 0 Å². The SMILES string of the molecule is CC(C)(CO)CNC(=O)c1cc(I)ccc1O. The molecule has 0 heterocycles. The van der Waals surface area contributed by atoms with Gasteiger partial charge in [-0.3, -0.25) is 4.79 Å². The van der Waals surface area contributed by atoms with E-state index in [2.05, 4.69) is 27.9 Å². The molecule has 0 spiro atoms. The lowest BCUT2D eigenvalue weighted by atomic mass is 9.95. The fraction of sp³-hybridized carbons (Fsp3) is 0.417. The average molecular weight is 349 g/mol. The number of halogens is 1. The van der Waals surface area contributed by atoms with Gasteiger partial charge in [-0.15, -0.1) is 0 Å². The minimum atomic E-state index is -0.368. The van der Waals surface area contributed by atoms with Crippen LogP contribution in [0.2, 0.25) is 0 Å². The summed E-state index contributed by atoms with van der Waals surface area (Å²) in [6.07, 6.45) is 0. The molecule has 3 N–H and O–H groups in total. The maximum absolute atomic E-state index is 11.8. The van der Waals surface area contributed by atoms with Crippen LogP contribution in [0.15, 0.2) is 18.2 Å². The Kier molecular flexibility index (Phi) is 4.76. The summed E-state index contributed by atoms with van der Waals surface area (Å²) in [6.45, 7) is 4.04. The predicted molar refractivity (Wildman–Crippen MR) is 74.0 cm³/mol. The number of hydrogen-bond acceptors (Lipinski definition) is 3. The van der Waals surface area contributed by atoms with Gasteiger partial charge in [-0.05, 0) is 40.8 Å². The van der Waals surface area contributed by atoms with Crippen molar-refractivity contribution in [2.45, 2.75) is 13.8 Å². The lowest BCUT2D eigenvalue weighted by Gasteiger charge is -2.21. The van der Waals surface area contributed by atoms with Gasteiger partial charge in [0.1, 0.15) is 5.75 Å². The first-order valence-electron chi connectivity index (χ1n) is 5.23. The van der Waals surface area contributed by atoms with E-state index in [-0.39, 0.29) is 29.2 Å². The number of phenolic OH excluding ortho intramolecular Hbond substituents is 1. The molecule has 0 saturated heterocycles. The molecule has 0 atom stereocenters. The van der Waals surface area contributed by atoms with Crippen molar-refractivity contribution < 1.29 is 15.0 Å². The topological polar surface area (TPSA) is 69.6 Å². The van der Waals surface area contributed by atoms with E-state index in [4.69, 9.17) is 5.11 Å². The Hall–Kier alpha value is -0.820. The van der Waals surface area contributed by atoms with Crippen LogP contribution in [-0.2, 0) is 0 Å². The minimum Gasteiger partial charge on any atom is -0.507 e. The molecule has 5 heteroatoms. The third-order valence-electron chi connectivity index (χ3n) is 2.36. The predicted octanol–water partition coefficient (Wildman–Crippen LogP) is 1.75. The molecule has 0 aromatic heterocycles. The van der Waals surface area contributed by atoms with Gasteiger partial charge in [0.05, 0.1) is 5.56 Å². The number of aliphatic hydroxyl groups is 1. The molecule has 1 aromatic carbocycles. The zero-order valence-electron chi connectivity index (χ0n) is 9.83. The molecule has 0 saturated carbocycles. The van der Waals surface area contributed by atoms with Crippen molar-refractivity contribution in [3.63, 3.8) is 0 Å². The van der Waals surface area contributed by atoms with E-state index in [1.54, 1.807) is 12.1 Å². The number of phenols is 1. The number of hydrogen-bond donors (Lipinski definition) is 3. The summed E-state index contributed by atoms with van der Waals surface area (Å²) >= 11 is 2.08. The Bertz CT molecular complexity index is 418. The van der Waals surface area contributed by atoms with Crippen LogP contribution in [-0.4, -0.2) is 29.3 Å². The smallest absolute Gasteiger partial charge is 0.255 e. The number of benzene rings is 1. The van der Waals surface area contributed by atoms with Crippen LogP contribution in [0.5, 0.6) is 5.75 Å². The molecule has 0 aliphatic heterocycles. The van der Waals surface area contributed by atoms with Gasteiger partial charge in [-0.1, -0.05) is 13.8 Å². The standard InChI is InChI=1S/C12H16INO3/c1-12(2,7-15)6-14-11(17)9-5-8(13)3-4-10(9)16/h3-5,15-16H,6-7H2,1-2H3,(H,14,17). The summed E-state index contributed by atoms with van der Waals surface area (Å²) in [5, 5.41) is 21.3. The van der Waals surface area contributed by atoms with Crippen LogP contribution < -0.4 is 5.32 Å². The normalized spacial score (nSPS) is 11.3. The Morgan fingerprint density at radius 1 is 1.47 bits per heavy atom. The van der Waals surface area contributed by atoms with Gasteiger partial charge in [0.15, 0.2) is 0 Å². The largest absolute Gasteiger partial charge is 0.507 e. The Morgan fingerprint density at radius 3 is 2.71 bits per heavy atom. The minimum absolute atomic E-state index is 0.00835. The van der Waals surface area contributed by atoms with E-state index >= 15 is 0 Å². The second kappa shape index (κ2) is 5.68. The Morgan fingerprint density at radius 2 is 2.12 bits per heavy atom. The van der Waals surface area contributed by atoms with Crippen molar-refractivity contribution in [3.05, 3.63) is 27.3 Å². The van der Waals surface area contributed by atoms with Crippen LogP contribution in [0.3, 0.4) is 0 Å². The van der Waals surface area contributed by atoms with Gasteiger partial charge >= 0.3 is 0 Å². The number of aromatic hydroxyl groups is 1. The summed E-state index contributed by atoms with van der Waals surface area (Å²) in [4.78, 5) is 11.8. The van der Waals surface area contributed by atoms with Crippen molar-refractivity contribution in [2.75, 3.05) is 13.2 Å². The molecule has 17 heavy (non-hydrogen) atoms. The molecule has 94 valence electrons. The van der Waals surface area contributed by atoms with Crippen LogP contribution in [0.4, 0.5) is 0 Å². The Labute approximate surface area is 114 Å². The number of rotatable bonds is 4. The van der Waals surface area contributed by atoms with Crippen LogP contribution in [0.1, 0.15) is 24.2 Å². The fourth-order valence-electron chi connectivity index (χ4n) is 1.16. The van der Waals surface area contributed by atoms with Crippen molar-refractivity contribution in [2.24, 2.45) is 5.41 Å². The molecular formula is C12H16INO3. The summed E-state index contributed by atoms with van der Waals surface area (Å²) in [5.74, 6) is -0.368. The monoisotopic (exact) mass is 349 g/mol. The second-order valence-corrected chi connectivity index (χ2v) is 5.91. The third kappa shape index (κ3) is 4.16. The first-order valence-corrected chi connectivity index (χ1v) is 6.31. The maximum Gasteiger partial charge on any atom is 0.255 e. The molecule has 0 fully saturated rings. The fourth-order valence-corrected chi connectivity index (χ4v) is 1.65. The molecule has 0 unspecified atom stereocenters. The summed E-state index contributed by atoms with van der Waals surface area (Å²) in [5.41, 5.74) is -0.113. The summed E-state index contributed by atoms with van der Waals surface area (Å²) < 4.78 is 0.881. The number of amides is 1. The van der Waals surface area contributed by atoms with Crippen molar-refractivity contribution >= 4 is 28.5 Å². The Balaban J connectivity index is 2.74. The van der Waals surface area contributed by atoms with Crippen molar-refractivity contribution in [1.29, 1.82) is 0 Å². The number of carbonyl (C=O) groups excluding carboxylic acids is 1. The molecule has 1 aromatic rings. The second-order valence-electron chi connectivity index (χ2n) is 4.67. The zero-order chi connectivity index (χ0) is 13.1. The molecular weight excluding hydrogens is 333 g/mol. The lowest BCUT2D eigenvalue weighted by Crippen LogP contribution is -2.36. The lowest BCUT2D eigenvalue weighted by molar-refractivity contribution is 0.0908. The quantitative estimate of drug-likeness (QED) is 0.726. The summed E-state index contributed by atoms with van der Waals surface area (Å²) in [7, 11) is 0. The number of nitrogens with one attached hydrogen (secondary N) is 1. The highest BCUT2D eigenvalue weighted by atomic mass is 127.